The quantitative estimate of drug-likeness (QED) is 0.619. The Bertz CT molecular complexity index is 1040. The molecule has 6 heteroatoms. The molecule has 6 nitrogen and oxygen atoms in total. The number of hydrogen-bond acceptors (Lipinski definition) is 4. The van der Waals surface area contributed by atoms with Crippen molar-refractivity contribution >= 4 is 12.1 Å². The van der Waals surface area contributed by atoms with Crippen LogP contribution in [0.1, 0.15) is 29.0 Å². The van der Waals surface area contributed by atoms with E-state index in [4.69, 9.17) is 4.74 Å². The molecule has 0 radical (unpaired) electrons. The Balaban J connectivity index is 1.43. The fraction of sp³-hybridized carbons (Fsp3) is 0.240. The van der Waals surface area contributed by atoms with E-state index >= 15 is 0 Å². The Labute approximate surface area is 181 Å². The zero-order chi connectivity index (χ0) is 21.8. The van der Waals surface area contributed by atoms with Crippen molar-refractivity contribution < 1.29 is 19.4 Å². The summed E-state index contributed by atoms with van der Waals surface area (Å²) in [6.45, 7) is 0.159. The van der Waals surface area contributed by atoms with Gasteiger partial charge in [-0.25, -0.2) is 9.59 Å². The van der Waals surface area contributed by atoms with E-state index in [-0.39, 0.29) is 18.9 Å². The van der Waals surface area contributed by atoms with Gasteiger partial charge in [0.2, 0.25) is 0 Å². The summed E-state index contributed by atoms with van der Waals surface area (Å²) >= 11 is 0. The van der Waals surface area contributed by atoms with Gasteiger partial charge in [-0.3, -0.25) is 9.88 Å². The van der Waals surface area contributed by atoms with Crippen LogP contribution in [0.2, 0.25) is 0 Å². The first-order valence-electron chi connectivity index (χ1n) is 10.3. The molecule has 1 aliphatic carbocycles. The van der Waals surface area contributed by atoms with Gasteiger partial charge in [-0.15, -0.1) is 0 Å². The van der Waals surface area contributed by atoms with Crippen molar-refractivity contribution in [3.05, 3.63) is 89.7 Å². The van der Waals surface area contributed by atoms with Crippen LogP contribution < -0.4 is 0 Å². The van der Waals surface area contributed by atoms with E-state index in [1.54, 1.807) is 18.5 Å². The van der Waals surface area contributed by atoms with Crippen molar-refractivity contribution in [2.75, 3.05) is 13.7 Å². The molecule has 158 valence electrons. The number of carboxylic acids is 1. The summed E-state index contributed by atoms with van der Waals surface area (Å²) in [5, 5.41) is 9.65. The number of carbonyl (C=O) groups excluding carboxylic acids is 1. The van der Waals surface area contributed by atoms with Gasteiger partial charge in [0.1, 0.15) is 12.6 Å². The van der Waals surface area contributed by atoms with Gasteiger partial charge in [-0.2, -0.15) is 0 Å². The predicted octanol–water partition coefficient (Wildman–Crippen LogP) is 4.35. The summed E-state index contributed by atoms with van der Waals surface area (Å²) in [6.07, 6.45) is 3.52. The van der Waals surface area contributed by atoms with Crippen LogP contribution in [0, 0.1) is 0 Å². The van der Waals surface area contributed by atoms with Crippen LogP contribution in [-0.4, -0.2) is 46.7 Å². The van der Waals surface area contributed by atoms with Gasteiger partial charge in [-0.05, 0) is 46.7 Å². The lowest BCUT2D eigenvalue weighted by atomic mass is 9.98. The number of likely N-dealkylation sites (N-methyl/N-ethyl adjacent to an activating group) is 1. The lowest BCUT2D eigenvalue weighted by Crippen LogP contribution is -2.43. The number of aliphatic carboxylic acids is 1. The number of carbonyl (C=O) groups is 2. The molecular weight excluding hydrogens is 392 g/mol. The summed E-state index contributed by atoms with van der Waals surface area (Å²) in [4.78, 5) is 29.7. The lowest BCUT2D eigenvalue weighted by Gasteiger charge is -2.25. The molecule has 3 aromatic rings. The molecule has 0 saturated heterocycles. The zero-order valence-electron chi connectivity index (χ0n) is 17.3. The number of hydrogen-bond donors (Lipinski definition) is 1. The van der Waals surface area contributed by atoms with E-state index in [1.165, 1.54) is 11.9 Å². The zero-order valence-corrected chi connectivity index (χ0v) is 17.3. The van der Waals surface area contributed by atoms with E-state index in [0.717, 1.165) is 27.8 Å². The molecule has 1 aliphatic rings. The summed E-state index contributed by atoms with van der Waals surface area (Å²) in [5.74, 6) is -1.12. The van der Waals surface area contributed by atoms with Crippen LogP contribution >= 0.6 is 0 Å². The number of aromatic nitrogens is 1. The maximum atomic E-state index is 12.7. The maximum Gasteiger partial charge on any atom is 0.410 e. The Morgan fingerprint density at radius 1 is 1.03 bits per heavy atom. The van der Waals surface area contributed by atoms with Crippen molar-refractivity contribution in [2.45, 2.75) is 24.8 Å². The normalized spacial score (nSPS) is 13.2. The number of benzene rings is 2. The number of fused-ring (bicyclic) bond motifs is 3. The molecule has 1 amide bonds. The minimum Gasteiger partial charge on any atom is -0.480 e. The average Bonchev–Trinajstić information content (AvgIpc) is 3.11. The number of ether oxygens (including phenoxy) is 1. The molecule has 31 heavy (non-hydrogen) atoms. The second kappa shape index (κ2) is 9.00. The number of carboxylic acid groups (broad SMARTS) is 1. The van der Waals surface area contributed by atoms with Crippen LogP contribution in [0.25, 0.3) is 11.1 Å². The molecule has 0 bridgehead atoms. The highest BCUT2D eigenvalue weighted by molar-refractivity contribution is 5.81. The summed E-state index contributed by atoms with van der Waals surface area (Å²) < 4.78 is 5.60. The largest absolute Gasteiger partial charge is 0.480 e. The summed E-state index contributed by atoms with van der Waals surface area (Å²) in [5.41, 5.74) is 5.45. The van der Waals surface area contributed by atoms with Crippen LogP contribution in [0.3, 0.4) is 0 Å². The van der Waals surface area contributed by atoms with Crippen LogP contribution in [0.5, 0.6) is 0 Å². The van der Waals surface area contributed by atoms with Gasteiger partial charge >= 0.3 is 12.1 Å². The van der Waals surface area contributed by atoms with Crippen molar-refractivity contribution in [2.24, 2.45) is 0 Å². The first-order valence-corrected chi connectivity index (χ1v) is 10.3. The second-order valence-corrected chi connectivity index (χ2v) is 7.67. The summed E-state index contributed by atoms with van der Waals surface area (Å²) in [7, 11) is 1.47. The molecule has 1 atom stereocenters. The second-order valence-electron chi connectivity index (χ2n) is 7.67. The Kier molecular flexibility index (Phi) is 5.98. The number of pyridine rings is 1. The molecule has 0 spiro atoms. The van der Waals surface area contributed by atoms with Crippen LogP contribution in [0.4, 0.5) is 4.79 Å². The number of rotatable bonds is 7. The first kappa shape index (κ1) is 20.6. The summed E-state index contributed by atoms with van der Waals surface area (Å²) in [6, 6.07) is 18.9. The molecule has 2 aromatic carbocycles. The van der Waals surface area contributed by atoms with E-state index in [0.29, 0.717) is 6.42 Å². The molecule has 0 saturated carbocycles. The number of nitrogens with zero attached hydrogens (tertiary/aromatic N) is 2. The van der Waals surface area contributed by atoms with E-state index in [1.807, 2.05) is 42.5 Å². The molecule has 1 heterocycles. The van der Waals surface area contributed by atoms with Crippen LogP contribution in [-0.2, 0) is 16.0 Å². The van der Waals surface area contributed by atoms with Gasteiger partial charge < -0.3 is 9.84 Å². The fourth-order valence-electron chi connectivity index (χ4n) is 4.16. The fourth-order valence-corrected chi connectivity index (χ4v) is 4.16. The van der Waals surface area contributed by atoms with Crippen molar-refractivity contribution in [1.29, 1.82) is 0 Å². The third-order valence-corrected chi connectivity index (χ3v) is 5.81. The van der Waals surface area contributed by atoms with E-state index in [9.17, 15) is 14.7 Å². The monoisotopic (exact) mass is 416 g/mol. The highest BCUT2D eigenvalue weighted by atomic mass is 16.6. The highest BCUT2D eigenvalue weighted by Gasteiger charge is 2.31. The SMILES string of the molecule is CN(C(=O)OCC1c2ccccc2-c2ccccc21)C(CCc1cccnc1)C(=O)O. The topological polar surface area (TPSA) is 79.7 Å². The molecule has 4 rings (SSSR count). The molecule has 1 unspecified atom stereocenters. The Morgan fingerprint density at radius 2 is 1.68 bits per heavy atom. The van der Waals surface area contributed by atoms with E-state index < -0.39 is 18.1 Å². The maximum absolute atomic E-state index is 12.7. The van der Waals surface area contributed by atoms with Gasteiger partial charge in [0.05, 0.1) is 0 Å². The molecular formula is C25H24N2O4. The predicted molar refractivity (Wildman–Crippen MR) is 117 cm³/mol. The Hall–Kier alpha value is -3.67. The van der Waals surface area contributed by atoms with Crippen molar-refractivity contribution in [1.82, 2.24) is 9.88 Å². The van der Waals surface area contributed by atoms with Gasteiger partial charge in [0.25, 0.3) is 0 Å². The van der Waals surface area contributed by atoms with Gasteiger partial charge in [-0.1, -0.05) is 54.6 Å². The minimum atomic E-state index is -1.06. The van der Waals surface area contributed by atoms with Gasteiger partial charge in [0, 0.05) is 25.4 Å². The molecule has 0 aliphatic heterocycles. The number of aryl methyl sites for hydroxylation is 1. The third kappa shape index (κ3) is 4.28. The first-order chi connectivity index (χ1) is 15.1. The number of amides is 1. The smallest absolute Gasteiger partial charge is 0.410 e. The third-order valence-electron chi connectivity index (χ3n) is 5.81. The molecule has 1 aromatic heterocycles. The average molecular weight is 416 g/mol. The van der Waals surface area contributed by atoms with Crippen molar-refractivity contribution in [3.63, 3.8) is 0 Å². The Morgan fingerprint density at radius 3 is 2.26 bits per heavy atom. The van der Waals surface area contributed by atoms with Crippen LogP contribution in [0.15, 0.2) is 73.1 Å². The van der Waals surface area contributed by atoms with Gasteiger partial charge in [0.15, 0.2) is 0 Å². The highest BCUT2D eigenvalue weighted by Crippen LogP contribution is 2.44. The minimum absolute atomic E-state index is 0.0663. The lowest BCUT2D eigenvalue weighted by molar-refractivity contribution is -0.142. The van der Waals surface area contributed by atoms with Crippen molar-refractivity contribution in [3.8, 4) is 11.1 Å². The van der Waals surface area contributed by atoms with E-state index in [2.05, 4.69) is 17.1 Å². The molecule has 0 fully saturated rings. The standard InChI is InChI=1S/C25H24N2O4/c1-27(23(24(28)29)13-12-17-7-6-14-26-15-17)25(30)31-16-22-20-10-4-2-8-18(20)19-9-3-5-11-21(19)22/h2-11,14-15,22-23H,12-13,16H2,1H3,(H,28,29). The molecule has 1 N–H and O–H groups in total.